The van der Waals surface area contributed by atoms with Crippen LogP contribution in [0.4, 0.5) is 0 Å². The second-order valence-corrected chi connectivity index (χ2v) is 21.1. The molecule has 0 aromatic heterocycles. The Labute approximate surface area is 475 Å². The number of rotatable bonds is 21. The molecule has 0 radical (unpaired) electrons. The monoisotopic (exact) mass is 1230 g/mol. The maximum Gasteiger partial charge on any atom is 0.217 e. The lowest BCUT2D eigenvalue weighted by atomic mass is 9.94. The first-order valence-corrected chi connectivity index (χ1v) is 26.6. The topological polar surface area (TPSA) is 603 Å². The molecule has 38 nitrogen and oxygen atoms in total. The van der Waals surface area contributed by atoms with Crippen LogP contribution in [0, 0.1) is 0 Å². The molecular formula is C46H78N2O36. The lowest BCUT2D eigenvalue weighted by Crippen LogP contribution is -2.70. The molecule has 7 saturated heterocycles. The zero-order valence-corrected chi connectivity index (χ0v) is 44.7. The van der Waals surface area contributed by atoms with E-state index in [4.69, 9.17) is 61.6 Å². The number of hydrogen-bond donors (Lipinski definition) is 23. The fourth-order valence-electron chi connectivity index (χ4n) is 10.7. The quantitative estimate of drug-likeness (QED) is 0.0507. The summed E-state index contributed by atoms with van der Waals surface area (Å²) >= 11 is 0. The third-order valence-electron chi connectivity index (χ3n) is 15.3. The maximum atomic E-state index is 12.6. The third kappa shape index (κ3) is 14.7. The third-order valence-corrected chi connectivity index (χ3v) is 15.3. The predicted molar refractivity (Wildman–Crippen MR) is 255 cm³/mol. The van der Waals surface area contributed by atoms with Crippen molar-refractivity contribution < 1.29 is 178 Å². The van der Waals surface area contributed by atoms with Crippen LogP contribution in [0.2, 0.25) is 0 Å². The van der Waals surface area contributed by atoms with E-state index in [1.165, 1.54) is 0 Å². The molecule has 38 heteroatoms. The first kappa shape index (κ1) is 69.1. The molecule has 23 N–H and O–H groups in total. The minimum atomic E-state index is -2.31. The summed E-state index contributed by atoms with van der Waals surface area (Å²) in [5.41, 5.74) is 0. The summed E-state index contributed by atoms with van der Waals surface area (Å²) in [7, 11) is 0. The zero-order chi connectivity index (χ0) is 61.9. The van der Waals surface area contributed by atoms with E-state index in [1.54, 1.807) is 0 Å². The van der Waals surface area contributed by atoms with Crippen LogP contribution < -0.4 is 10.6 Å². The highest BCUT2D eigenvalue weighted by Crippen LogP contribution is 2.37. The Morgan fingerprint density at radius 1 is 0.310 bits per heavy atom. The molecule has 0 aromatic carbocycles. The van der Waals surface area contributed by atoms with Crippen molar-refractivity contribution in [1.82, 2.24) is 10.6 Å². The molecule has 488 valence electrons. The van der Waals surface area contributed by atoms with Crippen LogP contribution >= 0.6 is 0 Å². The fourth-order valence-corrected chi connectivity index (χ4v) is 10.7. The Kier molecular flexibility index (Phi) is 24.6. The van der Waals surface area contributed by atoms with E-state index < -0.39 is 273 Å². The van der Waals surface area contributed by atoms with E-state index >= 15 is 0 Å². The Morgan fingerprint density at radius 2 is 0.631 bits per heavy atom. The number of aliphatic hydroxyl groups is 21. The van der Waals surface area contributed by atoms with Gasteiger partial charge in [0.15, 0.2) is 44.0 Å². The molecule has 2 amide bonds. The normalized spacial score (nSPS) is 50.3. The number of aliphatic hydroxyl groups excluding tert-OH is 21. The minimum absolute atomic E-state index is 0.851. The van der Waals surface area contributed by atoms with E-state index in [0.29, 0.717) is 0 Å². The molecule has 0 aliphatic carbocycles. The van der Waals surface area contributed by atoms with E-state index in [1.807, 2.05) is 0 Å². The molecule has 84 heavy (non-hydrogen) atoms. The number of carbonyl (C=O) groups excluding carboxylic acids is 2. The van der Waals surface area contributed by atoms with Gasteiger partial charge in [-0.15, -0.1) is 0 Å². The van der Waals surface area contributed by atoms with Gasteiger partial charge in [-0.25, -0.2) is 0 Å². The molecule has 35 atom stereocenters. The largest absolute Gasteiger partial charge is 0.394 e. The van der Waals surface area contributed by atoms with Crippen LogP contribution in [0.1, 0.15) is 13.8 Å². The summed E-state index contributed by atoms with van der Waals surface area (Å²) in [5, 5.41) is 230. The van der Waals surface area contributed by atoms with Crippen molar-refractivity contribution in [3.8, 4) is 0 Å². The van der Waals surface area contributed by atoms with E-state index in [-0.39, 0.29) is 0 Å². The van der Waals surface area contributed by atoms with Crippen molar-refractivity contribution in [1.29, 1.82) is 0 Å². The number of carbonyl (C=O) groups is 2. The highest BCUT2D eigenvalue weighted by molar-refractivity contribution is 5.73. The standard InChI is InChI=1S/C46H78N2O36/c1-10(55)47-19-26(62)35(80-43-32(68)28(64)21(57)12(3-49)74-43)16(7-53)78-41(19)83-38-30(66)23(59)14(5-51)76-45(38)72-9-18-25(61)37(34(70)40(71)73-18)82-46-39(31(67)24(60)15(6-52)77-46)84-42-20(48-11(2)56)27(63)36(17(8-54)79-42)81-44-33(69)29(65)22(58)13(4-50)75-44/h12-46,49-54,57-71H,3-9H2,1-2H3,(H,47,55)(H,48,56)/t12-,13-,14-,15-,16-,17-,18-,19-,20-,21+,22+,23-,24-,25-,26-,27-,28+,29+,30+,31+,32-,33-,34+,35-,36-,37+,38+,39+,40?,41+,42+,43+,44+,45+,46-/m1/s1. The van der Waals surface area contributed by atoms with Gasteiger partial charge < -0.3 is 179 Å². The van der Waals surface area contributed by atoms with Crippen LogP contribution in [-0.4, -0.2) is 380 Å². The van der Waals surface area contributed by atoms with Gasteiger partial charge in [0.2, 0.25) is 11.8 Å². The lowest BCUT2D eigenvalue weighted by molar-refractivity contribution is -0.390. The molecular weight excluding hydrogens is 1160 g/mol. The van der Waals surface area contributed by atoms with Gasteiger partial charge in [0, 0.05) is 13.8 Å². The van der Waals surface area contributed by atoms with Crippen molar-refractivity contribution in [2.45, 2.75) is 229 Å². The van der Waals surface area contributed by atoms with Gasteiger partial charge in [-0.05, 0) is 0 Å². The summed E-state index contributed by atoms with van der Waals surface area (Å²) < 4.78 is 74.5. The molecule has 7 heterocycles. The molecule has 0 saturated carbocycles. The SMILES string of the molecule is CC(=O)N[C@H]1[C@H](O[C@@H]2[C@@H](OC[C@H]3OC(O)[C@@H](O)[C@@H](O[C@H]4O[C@H](CO)[C@@H](O)[C@H](O)[C@@H]4O[C@@H]4O[C@H](CO)[C@@H](O[C@@H]5O[C@H](CO)[C@H](O)[C@H](O)[C@H]5O)[C@H](O)[C@H]4NC(C)=O)[C@@H]3O)O[C@H](CO)[C@@H](O)[C@@H]2O)O[C@H](CO)[C@@H](O[C@@H]2O[C@H](CO)[C@H](O)[C@H](O)[C@H]2O)[C@@H]1O. The van der Waals surface area contributed by atoms with Gasteiger partial charge >= 0.3 is 0 Å². The summed E-state index contributed by atoms with van der Waals surface area (Å²) in [4.78, 5) is 25.1. The molecule has 0 spiro atoms. The molecule has 0 bridgehead atoms. The maximum absolute atomic E-state index is 12.6. The van der Waals surface area contributed by atoms with Crippen molar-refractivity contribution in [3.05, 3.63) is 0 Å². The Bertz CT molecular complexity index is 2060. The van der Waals surface area contributed by atoms with E-state index in [2.05, 4.69) is 10.6 Å². The highest BCUT2D eigenvalue weighted by atomic mass is 16.8. The summed E-state index contributed by atoms with van der Waals surface area (Å²) in [6, 6.07) is -3.57. The van der Waals surface area contributed by atoms with Gasteiger partial charge in [0.05, 0.1) is 46.2 Å². The second-order valence-electron chi connectivity index (χ2n) is 21.1. The van der Waals surface area contributed by atoms with E-state index in [9.17, 15) is 117 Å². The van der Waals surface area contributed by atoms with Crippen LogP contribution in [0.5, 0.6) is 0 Å². The van der Waals surface area contributed by atoms with Crippen LogP contribution in [0.15, 0.2) is 0 Å². The predicted octanol–water partition coefficient (Wildman–Crippen LogP) is -16.0. The first-order chi connectivity index (χ1) is 39.7. The van der Waals surface area contributed by atoms with Crippen LogP contribution in [0.3, 0.4) is 0 Å². The molecule has 7 aliphatic heterocycles. The molecule has 7 rings (SSSR count). The smallest absolute Gasteiger partial charge is 0.217 e. The Balaban J connectivity index is 1.09. The average molecular weight is 1240 g/mol. The van der Waals surface area contributed by atoms with Crippen LogP contribution in [0.25, 0.3) is 0 Å². The van der Waals surface area contributed by atoms with Gasteiger partial charge in [-0.3, -0.25) is 9.59 Å². The van der Waals surface area contributed by atoms with Crippen molar-refractivity contribution in [2.24, 2.45) is 0 Å². The zero-order valence-electron chi connectivity index (χ0n) is 44.7. The minimum Gasteiger partial charge on any atom is -0.394 e. The Morgan fingerprint density at radius 3 is 1.01 bits per heavy atom. The van der Waals surface area contributed by atoms with Crippen molar-refractivity contribution in [2.75, 3.05) is 46.2 Å². The Hall–Kier alpha value is -2.42. The van der Waals surface area contributed by atoms with Crippen LogP contribution in [-0.2, 0) is 71.2 Å². The first-order valence-electron chi connectivity index (χ1n) is 26.6. The molecule has 7 aliphatic rings. The fraction of sp³-hybridized carbons (Fsp3) is 0.957. The second kappa shape index (κ2) is 29.9. The van der Waals surface area contributed by atoms with Gasteiger partial charge in [0.25, 0.3) is 0 Å². The van der Waals surface area contributed by atoms with Crippen molar-refractivity contribution >= 4 is 11.8 Å². The lowest BCUT2D eigenvalue weighted by Gasteiger charge is -2.50. The molecule has 1 unspecified atom stereocenters. The number of amides is 2. The van der Waals surface area contributed by atoms with E-state index in [0.717, 1.165) is 13.8 Å². The highest BCUT2D eigenvalue weighted by Gasteiger charge is 2.58. The van der Waals surface area contributed by atoms with Crippen molar-refractivity contribution in [3.63, 3.8) is 0 Å². The molecule has 0 aromatic rings. The average Bonchev–Trinajstić information content (AvgIpc) is 1.75. The van der Waals surface area contributed by atoms with Gasteiger partial charge in [-0.1, -0.05) is 0 Å². The summed E-state index contributed by atoms with van der Waals surface area (Å²) in [5.74, 6) is -1.72. The number of nitrogens with one attached hydrogen (secondary N) is 2. The van der Waals surface area contributed by atoms with Gasteiger partial charge in [0.1, 0.15) is 171 Å². The molecule has 7 fully saturated rings. The number of hydrogen-bond acceptors (Lipinski definition) is 36. The summed E-state index contributed by atoms with van der Waals surface area (Å²) in [6.07, 6.45) is -64.3. The van der Waals surface area contributed by atoms with Gasteiger partial charge in [-0.2, -0.15) is 0 Å². The number of ether oxygens (including phenoxy) is 13. The summed E-state index contributed by atoms with van der Waals surface area (Å²) in [6.45, 7) is -4.85.